The van der Waals surface area contributed by atoms with Gasteiger partial charge in [0, 0.05) is 17.9 Å². The molecule has 2 atom stereocenters. The summed E-state index contributed by atoms with van der Waals surface area (Å²) in [5.74, 6) is -0.788. The van der Waals surface area contributed by atoms with Crippen molar-refractivity contribution in [1.82, 2.24) is 5.32 Å². The minimum Gasteiger partial charge on any atom is -0.463 e. The molecule has 0 radical (unpaired) electrons. The molecule has 22 heavy (non-hydrogen) atoms. The molecule has 1 aliphatic heterocycles. The van der Waals surface area contributed by atoms with Crippen molar-refractivity contribution in [3.8, 4) is 0 Å². The molecular formula is C14H17ClN2O4S. The van der Waals surface area contributed by atoms with Gasteiger partial charge in [0.2, 0.25) is 5.91 Å². The van der Waals surface area contributed by atoms with E-state index in [2.05, 4.69) is 10.5 Å². The van der Waals surface area contributed by atoms with Crippen molar-refractivity contribution in [3.63, 3.8) is 0 Å². The first-order valence-corrected chi connectivity index (χ1v) is 8.16. The lowest BCUT2D eigenvalue weighted by molar-refractivity contribution is -0.139. The van der Waals surface area contributed by atoms with Crippen LogP contribution < -0.4 is 5.32 Å². The Morgan fingerprint density at radius 1 is 1.59 bits per heavy atom. The number of oxime groups is 1. The monoisotopic (exact) mass is 344 g/mol. The number of nitrogens with one attached hydrogen (secondary N) is 1. The summed E-state index contributed by atoms with van der Waals surface area (Å²) in [6, 6.07) is 0. The van der Waals surface area contributed by atoms with Crippen LogP contribution in [-0.2, 0) is 14.3 Å². The molecule has 8 heteroatoms. The molecule has 0 saturated carbocycles. The standard InChI is InChI=1S/C14H17ClN2O4S/c1-3-21-14(19)10-9-5-4-8(6-16-20)11(15)12(9)22-13(10)17-7(2)18/h6,9,12,20H,3-5H2,1-2H3,(H,17,18)/b16-6-. The lowest BCUT2D eigenvalue weighted by atomic mass is 9.84. The van der Waals surface area contributed by atoms with E-state index in [0.717, 1.165) is 5.57 Å². The number of fused-ring (bicyclic) bond motifs is 1. The molecule has 0 aromatic heterocycles. The van der Waals surface area contributed by atoms with E-state index < -0.39 is 5.97 Å². The normalized spacial score (nSPS) is 24.7. The van der Waals surface area contributed by atoms with E-state index in [1.54, 1.807) is 6.92 Å². The minimum atomic E-state index is -0.421. The fraction of sp³-hybridized carbons (Fsp3) is 0.500. The van der Waals surface area contributed by atoms with Gasteiger partial charge in [-0.25, -0.2) is 4.79 Å². The van der Waals surface area contributed by atoms with E-state index in [9.17, 15) is 9.59 Å². The van der Waals surface area contributed by atoms with E-state index in [4.69, 9.17) is 21.5 Å². The number of carbonyl (C=O) groups is 2. The second-order valence-corrected chi connectivity index (χ2v) is 6.50. The maximum atomic E-state index is 12.2. The Morgan fingerprint density at radius 3 is 2.91 bits per heavy atom. The Hall–Kier alpha value is -1.47. The number of rotatable bonds is 4. The first-order chi connectivity index (χ1) is 10.5. The molecule has 0 spiro atoms. The Kier molecular flexibility index (Phi) is 5.52. The Labute approximate surface area is 137 Å². The summed E-state index contributed by atoms with van der Waals surface area (Å²) < 4.78 is 5.11. The summed E-state index contributed by atoms with van der Waals surface area (Å²) in [5.41, 5.74) is 1.22. The fourth-order valence-corrected chi connectivity index (χ4v) is 4.57. The number of hydrogen-bond donors (Lipinski definition) is 2. The molecule has 2 aliphatic rings. The number of ether oxygens (including phenoxy) is 1. The molecule has 1 amide bonds. The lowest BCUT2D eigenvalue weighted by Gasteiger charge is -2.26. The van der Waals surface area contributed by atoms with Gasteiger partial charge in [0.25, 0.3) is 0 Å². The van der Waals surface area contributed by atoms with Crippen LogP contribution >= 0.6 is 23.4 Å². The summed E-state index contributed by atoms with van der Waals surface area (Å²) >= 11 is 7.71. The Bertz CT molecular complexity index is 585. The number of hydrogen-bond acceptors (Lipinski definition) is 6. The average Bonchev–Trinajstić information content (AvgIpc) is 2.80. The smallest absolute Gasteiger partial charge is 0.337 e. The molecule has 2 N–H and O–H groups in total. The van der Waals surface area contributed by atoms with Crippen molar-refractivity contribution in [1.29, 1.82) is 0 Å². The van der Waals surface area contributed by atoms with Gasteiger partial charge in [-0.15, -0.1) is 0 Å². The van der Waals surface area contributed by atoms with Crippen LogP contribution in [0.4, 0.5) is 0 Å². The van der Waals surface area contributed by atoms with Gasteiger partial charge in [-0.3, -0.25) is 4.79 Å². The Morgan fingerprint density at radius 2 is 2.32 bits per heavy atom. The molecular weight excluding hydrogens is 328 g/mol. The maximum Gasteiger partial charge on any atom is 0.337 e. The molecule has 1 aliphatic carbocycles. The molecule has 0 saturated heterocycles. The Balaban J connectivity index is 2.36. The van der Waals surface area contributed by atoms with Crippen LogP contribution in [0.5, 0.6) is 0 Å². The minimum absolute atomic E-state index is 0.116. The summed E-state index contributed by atoms with van der Waals surface area (Å²) in [6.45, 7) is 3.39. The number of halogens is 1. The van der Waals surface area contributed by atoms with Gasteiger partial charge in [0.1, 0.15) is 0 Å². The van der Waals surface area contributed by atoms with Crippen LogP contribution in [0.25, 0.3) is 0 Å². The van der Waals surface area contributed by atoms with Gasteiger partial charge < -0.3 is 15.3 Å². The van der Waals surface area contributed by atoms with Gasteiger partial charge in [-0.1, -0.05) is 28.5 Å². The number of carbonyl (C=O) groups excluding carboxylic acids is 2. The van der Waals surface area contributed by atoms with Gasteiger partial charge in [-0.2, -0.15) is 0 Å². The highest BCUT2D eigenvalue weighted by molar-refractivity contribution is 8.04. The van der Waals surface area contributed by atoms with Crippen molar-refractivity contribution in [2.75, 3.05) is 6.61 Å². The third kappa shape index (κ3) is 3.30. The number of nitrogens with zero attached hydrogens (tertiary/aromatic N) is 1. The maximum absolute atomic E-state index is 12.2. The SMILES string of the molecule is CCOC(=O)C1=C(NC(C)=O)SC2C(Cl)=C(/C=N\O)CCC12. The molecule has 120 valence electrons. The van der Waals surface area contributed by atoms with Gasteiger partial charge >= 0.3 is 5.97 Å². The van der Waals surface area contributed by atoms with Crippen LogP contribution in [0.1, 0.15) is 26.7 Å². The molecule has 0 aromatic rings. The topological polar surface area (TPSA) is 88.0 Å². The van der Waals surface area contributed by atoms with Crippen molar-refractivity contribution < 1.29 is 19.5 Å². The molecule has 1 heterocycles. The van der Waals surface area contributed by atoms with Crippen LogP contribution in [0.2, 0.25) is 0 Å². The number of allylic oxidation sites excluding steroid dienone is 1. The average molecular weight is 345 g/mol. The van der Waals surface area contributed by atoms with Crippen LogP contribution in [0.3, 0.4) is 0 Å². The van der Waals surface area contributed by atoms with Crippen molar-refractivity contribution in [2.24, 2.45) is 11.1 Å². The third-order valence-electron chi connectivity index (χ3n) is 3.51. The highest BCUT2D eigenvalue weighted by Crippen LogP contribution is 2.51. The second kappa shape index (κ2) is 7.19. The quantitative estimate of drug-likeness (QED) is 0.354. The van der Waals surface area contributed by atoms with Crippen molar-refractivity contribution in [2.45, 2.75) is 31.9 Å². The fourth-order valence-electron chi connectivity index (χ4n) is 2.64. The van der Waals surface area contributed by atoms with E-state index in [-0.39, 0.29) is 23.7 Å². The van der Waals surface area contributed by atoms with Crippen molar-refractivity contribution in [3.05, 3.63) is 21.2 Å². The largest absolute Gasteiger partial charge is 0.463 e. The van der Waals surface area contributed by atoms with E-state index >= 15 is 0 Å². The third-order valence-corrected chi connectivity index (χ3v) is 5.49. The zero-order valence-electron chi connectivity index (χ0n) is 12.3. The van der Waals surface area contributed by atoms with Crippen LogP contribution in [0.15, 0.2) is 26.4 Å². The van der Waals surface area contributed by atoms with E-state index in [0.29, 0.717) is 28.5 Å². The molecule has 0 fully saturated rings. The molecule has 0 aromatic carbocycles. The second-order valence-electron chi connectivity index (χ2n) is 4.95. The molecule has 6 nitrogen and oxygen atoms in total. The summed E-state index contributed by atoms with van der Waals surface area (Å²) in [6.07, 6.45) is 2.59. The zero-order valence-corrected chi connectivity index (χ0v) is 13.8. The molecule has 2 unspecified atom stereocenters. The predicted molar refractivity (Wildman–Crippen MR) is 84.7 cm³/mol. The number of amides is 1. The summed E-state index contributed by atoms with van der Waals surface area (Å²) in [5, 5.41) is 15.3. The number of esters is 1. The first-order valence-electron chi connectivity index (χ1n) is 6.91. The predicted octanol–water partition coefficient (Wildman–Crippen LogP) is 2.38. The highest BCUT2D eigenvalue weighted by atomic mass is 35.5. The first kappa shape index (κ1) is 16.9. The highest BCUT2D eigenvalue weighted by Gasteiger charge is 2.44. The van der Waals surface area contributed by atoms with Gasteiger partial charge in [-0.05, 0) is 25.3 Å². The lowest BCUT2D eigenvalue weighted by Crippen LogP contribution is -2.26. The summed E-state index contributed by atoms with van der Waals surface area (Å²) in [7, 11) is 0. The van der Waals surface area contributed by atoms with Gasteiger partial charge in [0.15, 0.2) is 0 Å². The van der Waals surface area contributed by atoms with Crippen LogP contribution in [0, 0.1) is 5.92 Å². The van der Waals surface area contributed by atoms with Crippen molar-refractivity contribution >= 4 is 41.5 Å². The van der Waals surface area contributed by atoms with E-state index in [1.807, 2.05) is 0 Å². The number of thioether (sulfide) groups is 1. The van der Waals surface area contributed by atoms with Gasteiger partial charge in [0.05, 0.1) is 28.7 Å². The molecule has 2 rings (SSSR count). The van der Waals surface area contributed by atoms with Crippen LogP contribution in [-0.4, -0.2) is 35.2 Å². The summed E-state index contributed by atoms with van der Waals surface area (Å²) in [4.78, 5) is 23.6. The van der Waals surface area contributed by atoms with E-state index in [1.165, 1.54) is 24.9 Å². The zero-order chi connectivity index (χ0) is 16.3. The molecule has 0 bridgehead atoms.